The van der Waals surface area contributed by atoms with Crippen LogP contribution in [0.25, 0.3) is 0 Å². The third-order valence-electron chi connectivity index (χ3n) is 0.891. The summed E-state index contributed by atoms with van der Waals surface area (Å²) in [4.78, 5) is 22.6. The Morgan fingerprint density at radius 2 is 2.00 bits per heavy atom. The van der Waals surface area contributed by atoms with Crippen LogP contribution in [0.2, 0.25) is 0 Å². The molecule has 0 fully saturated rings. The van der Waals surface area contributed by atoms with Crippen molar-refractivity contribution in [2.75, 3.05) is 20.7 Å². The number of imide groups is 1. The Kier molecular flexibility index (Phi) is 4.02. The predicted molar refractivity (Wildman–Crippen MR) is 39.2 cm³/mol. The lowest BCUT2D eigenvalue weighted by atomic mass is 10.8. The summed E-state index contributed by atoms with van der Waals surface area (Å²) >= 11 is 0. The first kappa shape index (κ1) is 9.74. The minimum Gasteiger partial charge on any atom is -0.450 e. The van der Waals surface area contributed by atoms with E-state index in [0.717, 1.165) is 0 Å². The molecule has 64 valence electrons. The van der Waals surface area contributed by atoms with Crippen LogP contribution in [0.5, 0.6) is 0 Å². The number of nitrogens with one attached hydrogen (secondary N) is 1. The SMILES string of the molecule is CCOC(=O)NC(=O)N(C)C. The van der Waals surface area contributed by atoms with E-state index in [4.69, 9.17) is 0 Å². The maximum atomic E-state index is 10.7. The first-order valence-corrected chi connectivity index (χ1v) is 3.23. The van der Waals surface area contributed by atoms with Gasteiger partial charge >= 0.3 is 12.1 Å². The summed E-state index contributed by atoms with van der Waals surface area (Å²) in [5.41, 5.74) is 0. The van der Waals surface area contributed by atoms with E-state index in [0.29, 0.717) is 0 Å². The van der Waals surface area contributed by atoms with E-state index in [1.165, 1.54) is 19.0 Å². The van der Waals surface area contributed by atoms with E-state index < -0.39 is 12.1 Å². The molecule has 0 aliphatic rings. The maximum Gasteiger partial charge on any atom is 0.415 e. The largest absolute Gasteiger partial charge is 0.450 e. The lowest BCUT2D eigenvalue weighted by molar-refractivity contribution is 0.149. The van der Waals surface area contributed by atoms with E-state index >= 15 is 0 Å². The molecule has 0 saturated carbocycles. The van der Waals surface area contributed by atoms with Crippen molar-refractivity contribution in [2.24, 2.45) is 0 Å². The van der Waals surface area contributed by atoms with Crippen LogP contribution in [0.1, 0.15) is 6.92 Å². The van der Waals surface area contributed by atoms with Gasteiger partial charge in [-0.3, -0.25) is 0 Å². The number of carbonyl (C=O) groups excluding carboxylic acids is 2. The third-order valence-corrected chi connectivity index (χ3v) is 0.891. The van der Waals surface area contributed by atoms with Gasteiger partial charge in [0, 0.05) is 14.1 Å². The number of alkyl carbamates (subject to hydrolysis) is 1. The van der Waals surface area contributed by atoms with Crippen LogP contribution >= 0.6 is 0 Å². The van der Waals surface area contributed by atoms with Gasteiger partial charge in [0.15, 0.2) is 0 Å². The third kappa shape index (κ3) is 4.19. The van der Waals surface area contributed by atoms with Crippen molar-refractivity contribution in [1.82, 2.24) is 10.2 Å². The van der Waals surface area contributed by atoms with Gasteiger partial charge in [0.1, 0.15) is 0 Å². The zero-order valence-electron chi connectivity index (χ0n) is 6.88. The normalized spacial score (nSPS) is 8.64. The van der Waals surface area contributed by atoms with Crippen molar-refractivity contribution in [3.8, 4) is 0 Å². The van der Waals surface area contributed by atoms with E-state index in [1.54, 1.807) is 6.92 Å². The minimum atomic E-state index is -0.716. The maximum absolute atomic E-state index is 10.7. The highest BCUT2D eigenvalue weighted by Crippen LogP contribution is 1.80. The average molecular weight is 160 g/mol. The summed E-state index contributed by atoms with van der Waals surface area (Å²) < 4.78 is 4.47. The Morgan fingerprint density at radius 1 is 1.45 bits per heavy atom. The molecule has 0 spiro atoms. The number of hydrogen-bond acceptors (Lipinski definition) is 3. The van der Waals surface area contributed by atoms with Crippen molar-refractivity contribution in [1.29, 1.82) is 0 Å². The Bertz CT molecular complexity index is 156. The fourth-order valence-electron chi connectivity index (χ4n) is 0.366. The van der Waals surface area contributed by atoms with Crippen molar-refractivity contribution < 1.29 is 14.3 Å². The molecule has 11 heavy (non-hydrogen) atoms. The van der Waals surface area contributed by atoms with Gasteiger partial charge in [-0.1, -0.05) is 0 Å². The highest BCUT2D eigenvalue weighted by Gasteiger charge is 2.08. The number of urea groups is 1. The zero-order chi connectivity index (χ0) is 8.85. The standard InChI is InChI=1S/C6H12N2O3/c1-4-11-6(10)7-5(9)8(2)3/h4H2,1-3H3,(H,7,9,10). The second-order valence-electron chi connectivity index (χ2n) is 2.05. The predicted octanol–water partition coefficient (Wildman–Crippen LogP) is 0.414. The van der Waals surface area contributed by atoms with Crippen molar-refractivity contribution in [3.63, 3.8) is 0 Å². The Labute approximate surface area is 65.3 Å². The van der Waals surface area contributed by atoms with Crippen molar-refractivity contribution in [2.45, 2.75) is 6.92 Å². The molecule has 0 aliphatic heterocycles. The van der Waals surface area contributed by atoms with Gasteiger partial charge in [-0.25, -0.2) is 14.9 Å². The van der Waals surface area contributed by atoms with E-state index in [-0.39, 0.29) is 6.61 Å². The molecule has 0 heterocycles. The molecule has 0 aromatic carbocycles. The van der Waals surface area contributed by atoms with Gasteiger partial charge < -0.3 is 9.64 Å². The molecule has 0 aliphatic carbocycles. The Morgan fingerprint density at radius 3 is 2.36 bits per heavy atom. The van der Waals surface area contributed by atoms with E-state index in [2.05, 4.69) is 4.74 Å². The summed E-state index contributed by atoms with van der Waals surface area (Å²) in [6, 6.07) is -0.483. The van der Waals surface area contributed by atoms with Gasteiger partial charge in [-0.05, 0) is 6.92 Å². The molecule has 5 nitrogen and oxygen atoms in total. The fraction of sp³-hybridized carbons (Fsp3) is 0.667. The Balaban J connectivity index is 3.67. The van der Waals surface area contributed by atoms with E-state index in [1.807, 2.05) is 5.32 Å². The van der Waals surface area contributed by atoms with Crippen LogP contribution in [0.3, 0.4) is 0 Å². The molecule has 0 radical (unpaired) electrons. The van der Waals surface area contributed by atoms with Crippen LogP contribution in [0.4, 0.5) is 9.59 Å². The molecular formula is C6H12N2O3. The average Bonchev–Trinajstić information content (AvgIpc) is 1.87. The summed E-state index contributed by atoms with van der Waals surface area (Å²) in [5.74, 6) is 0. The van der Waals surface area contributed by atoms with Crippen LogP contribution in [0.15, 0.2) is 0 Å². The second-order valence-corrected chi connectivity index (χ2v) is 2.05. The monoisotopic (exact) mass is 160 g/mol. The molecule has 3 amide bonds. The number of hydrogen-bond donors (Lipinski definition) is 1. The van der Waals surface area contributed by atoms with Crippen LogP contribution in [-0.4, -0.2) is 37.7 Å². The molecule has 0 aromatic rings. The quantitative estimate of drug-likeness (QED) is 0.604. The first-order valence-electron chi connectivity index (χ1n) is 3.23. The highest BCUT2D eigenvalue weighted by atomic mass is 16.5. The number of amides is 3. The molecule has 0 rings (SSSR count). The zero-order valence-corrected chi connectivity index (χ0v) is 6.88. The van der Waals surface area contributed by atoms with E-state index in [9.17, 15) is 9.59 Å². The first-order chi connectivity index (χ1) is 5.07. The molecule has 0 aromatic heterocycles. The molecule has 0 bridgehead atoms. The number of carbonyl (C=O) groups is 2. The fourth-order valence-corrected chi connectivity index (χ4v) is 0.366. The highest BCUT2D eigenvalue weighted by molar-refractivity contribution is 5.90. The molecule has 0 atom stereocenters. The summed E-state index contributed by atoms with van der Waals surface area (Å²) in [5, 5.41) is 2.01. The van der Waals surface area contributed by atoms with Gasteiger partial charge in [0.05, 0.1) is 6.61 Å². The molecule has 1 N–H and O–H groups in total. The van der Waals surface area contributed by atoms with Crippen LogP contribution in [0, 0.1) is 0 Å². The minimum absolute atomic E-state index is 0.256. The Hall–Kier alpha value is -1.26. The van der Waals surface area contributed by atoms with Crippen molar-refractivity contribution >= 4 is 12.1 Å². The smallest absolute Gasteiger partial charge is 0.415 e. The summed E-state index contributed by atoms with van der Waals surface area (Å²) in [6.07, 6.45) is -0.716. The molecule has 5 heteroatoms. The van der Waals surface area contributed by atoms with Crippen molar-refractivity contribution in [3.05, 3.63) is 0 Å². The number of ether oxygens (including phenoxy) is 1. The summed E-state index contributed by atoms with van der Waals surface area (Å²) in [7, 11) is 3.07. The lowest BCUT2D eigenvalue weighted by Gasteiger charge is -2.09. The summed E-state index contributed by atoms with van der Waals surface area (Å²) in [6.45, 7) is 1.92. The molecular weight excluding hydrogens is 148 g/mol. The number of nitrogens with zero attached hydrogens (tertiary/aromatic N) is 1. The second kappa shape index (κ2) is 4.54. The lowest BCUT2D eigenvalue weighted by Crippen LogP contribution is -2.38. The molecule has 0 saturated heterocycles. The van der Waals surface area contributed by atoms with Gasteiger partial charge in [-0.2, -0.15) is 0 Å². The van der Waals surface area contributed by atoms with Gasteiger partial charge in [0.2, 0.25) is 0 Å². The molecule has 0 unspecified atom stereocenters. The van der Waals surface area contributed by atoms with Gasteiger partial charge in [0.25, 0.3) is 0 Å². The topological polar surface area (TPSA) is 58.6 Å². The van der Waals surface area contributed by atoms with Crippen LogP contribution in [-0.2, 0) is 4.74 Å². The van der Waals surface area contributed by atoms with Crippen LogP contribution < -0.4 is 5.32 Å². The number of rotatable bonds is 1. The van der Waals surface area contributed by atoms with Gasteiger partial charge in [-0.15, -0.1) is 0 Å².